The number of aliphatic carboxylic acids is 1. The highest BCUT2D eigenvalue weighted by Crippen LogP contribution is 2.25. The summed E-state index contributed by atoms with van der Waals surface area (Å²) in [5.74, 6) is -0.715. The van der Waals surface area contributed by atoms with E-state index in [0.29, 0.717) is 6.04 Å². The van der Waals surface area contributed by atoms with Gasteiger partial charge in [-0.2, -0.15) is 0 Å². The average molecular weight is 171 g/mol. The molecule has 1 rings (SSSR count). The molecule has 0 bridgehead atoms. The Morgan fingerprint density at radius 2 is 2.25 bits per heavy atom. The van der Waals surface area contributed by atoms with Crippen molar-refractivity contribution >= 4 is 5.97 Å². The van der Waals surface area contributed by atoms with Crippen LogP contribution in [0.25, 0.3) is 0 Å². The standard InChI is InChI=1S/C9H17NO2/c1-3-9(2,6-8(11)12)10-7-4-5-7/h7,10H,3-6H2,1-2H3,(H,11,12). The van der Waals surface area contributed by atoms with E-state index in [1.54, 1.807) is 0 Å². The summed E-state index contributed by atoms with van der Waals surface area (Å²) in [6.45, 7) is 4.01. The second kappa shape index (κ2) is 3.44. The minimum Gasteiger partial charge on any atom is -0.481 e. The Morgan fingerprint density at radius 3 is 2.58 bits per heavy atom. The van der Waals surface area contributed by atoms with Gasteiger partial charge in [-0.05, 0) is 26.2 Å². The van der Waals surface area contributed by atoms with Crippen LogP contribution in [0.15, 0.2) is 0 Å². The van der Waals surface area contributed by atoms with Crippen molar-refractivity contribution in [3.05, 3.63) is 0 Å². The van der Waals surface area contributed by atoms with Crippen LogP contribution < -0.4 is 5.32 Å². The van der Waals surface area contributed by atoms with Crippen molar-refractivity contribution in [1.29, 1.82) is 0 Å². The van der Waals surface area contributed by atoms with Gasteiger partial charge in [0.05, 0.1) is 6.42 Å². The predicted octanol–water partition coefficient (Wildman–Crippen LogP) is 1.38. The molecule has 0 aliphatic heterocycles. The Hall–Kier alpha value is -0.570. The number of carboxylic acids is 1. The molecule has 0 spiro atoms. The molecule has 1 atom stereocenters. The molecule has 1 fully saturated rings. The molecule has 1 aliphatic carbocycles. The molecule has 0 saturated heterocycles. The molecule has 0 radical (unpaired) electrons. The van der Waals surface area contributed by atoms with Crippen molar-refractivity contribution in [3.8, 4) is 0 Å². The summed E-state index contributed by atoms with van der Waals surface area (Å²) in [5.41, 5.74) is -0.201. The fraction of sp³-hybridized carbons (Fsp3) is 0.889. The van der Waals surface area contributed by atoms with Crippen molar-refractivity contribution in [1.82, 2.24) is 5.32 Å². The van der Waals surface area contributed by atoms with Crippen LogP contribution >= 0.6 is 0 Å². The normalized spacial score (nSPS) is 21.8. The van der Waals surface area contributed by atoms with Crippen molar-refractivity contribution in [2.45, 2.75) is 51.1 Å². The van der Waals surface area contributed by atoms with Gasteiger partial charge in [-0.25, -0.2) is 0 Å². The summed E-state index contributed by atoms with van der Waals surface area (Å²) < 4.78 is 0. The van der Waals surface area contributed by atoms with Crippen molar-refractivity contribution < 1.29 is 9.90 Å². The zero-order chi connectivity index (χ0) is 9.19. The van der Waals surface area contributed by atoms with Crippen LogP contribution in [0.5, 0.6) is 0 Å². The van der Waals surface area contributed by atoms with Crippen LogP contribution in [0.4, 0.5) is 0 Å². The molecule has 12 heavy (non-hydrogen) atoms. The molecule has 0 aromatic carbocycles. The first-order chi connectivity index (χ1) is 5.56. The largest absolute Gasteiger partial charge is 0.481 e. The van der Waals surface area contributed by atoms with Crippen LogP contribution in [-0.2, 0) is 4.79 Å². The van der Waals surface area contributed by atoms with E-state index in [-0.39, 0.29) is 12.0 Å². The molecule has 0 amide bonds. The molecule has 3 nitrogen and oxygen atoms in total. The number of rotatable bonds is 5. The maximum Gasteiger partial charge on any atom is 0.305 e. The average Bonchev–Trinajstić information content (AvgIpc) is 2.70. The fourth-order valence-electron chi connectivity index (χ4n) is 1.33. The van der Waals surface area contributed by atoms with Crippen molar-refractivity contribution in [3.63, 3.8) is 0 Å². The highest BCUT2D eigenvalue weighted by Gasteiger charge is 2.32. The third kappa shape index (κ3) is 2.81. The number of hydrogen-bond donors (Lipinski definition) is 2. The zero-order valence-corrected chi connectivity index (χ0v) is 7.76. The molecule has 2 N–H and O–H groups in total. The minimum absolute atomic E-state index is 0.201. The lowest BCUT2D eigenvalue weighted by Gasteiger charge is -2.27. The van der Waals surface area contributed by atoms with Crippen molar-refractivity contribution in [2.24, 2.45) is 0 Å². The topological polar surface area (TPSA) is 49.3 Å². The lowest BCUT2D eigenvalue weighted by molar-refractivity contribution is -0.138. The van der Waals surface area contributed by atoms with E-state index in [1.807, 2.05) is 13.8 Å². The molecule has 70 valence electrons. The van der Waals surface area contributed by atoms with Gasteiger partial charge in [-0.15, -0.1) is 0 Å². The Kier molecular flexibility index (Phi) is 2.73. The van der Waals surface area contributed by atoms with Gasteiger partial charge >= 0.3 is 5.97 Å². The van der Waals surface area contributed by atoms with Gasteiger partial charge in [0, 0.05) is 11.6 Å². The lowest BCUT2D eigenvalue weighted by atomic mass is 9.94. The van der Waals surface area contributed by atoms with E-state index in [1.165, 1.54) is 12.8 Å². The Balaban J connectivity index is 2.41. The van der Waals surface area contributed by atoms with Crippen molar-refractivity contribution in [2.75, 3.05) is 0 Å². The Morgan fingerprint density at radius 1 is 1.67 bits per heavy atom. The van der Waals surface area contributed by atoms with Gasteiger partial charge in [-0.1, -0.05) is 6.92 Å². The van der Waals surface area contributed by atoms with Crippen LogP contribution in [0.2, 0.25) is 0 Å². The summed E-state index contributed by atoms with van der Waals surface area (Å²) in [6.07, 6.45) is 3.50. The minimum atomic E-state index is -0.715. The molecule has 0 aromatic rings. The number of nitrogens with one attached hydrogen (secondary N) is 1. The van der Waals surface area contributed by atoms with Gasteiger partial charge in [0.1, 0.15) is 0 Å². The third-order valence-electron chi connectivity index (χ3n) is 2.45. The summed E-state index contributed by atoms with van der Waals surface area (Å²) >= 11 is 0. The summed E-state index contributed by atoms with van der Waals surface area (Å²) in [7, 11) is 0. The smallest absolute Gasteiger partial charge is 0.305 e. The van der Waals surface area contributed by atoms with Gasteiger partial charge in [0.15, 0.2) is 0 Å². The van der Waals surface area contributed by atoms with E-state index >= 15 is 0 Å². The van der Waals surface area contributed by atoms with Gasteiger partial charge in [0.2, 0.25) is 0 Å². The second-order valence-corrected chi connectivity index (χ2v) is 3.90. The van der Waals surface area contributed by atoms with Crippen LogP contribution in [0, 0.1) is 0 Å². The lowest BCUT2D eigenvalue weighted by Crippen LogP contribution is -2.44. The third-order valence-corrected chi connectivity index (χ3v) is 2.45. The monoisotopic (exact) mass is 171 g/mol. The van der Waals surface area contributed by atoms with Crippen LogP contribution in [-0.4, -0.2) is 22.7 Å². The first-order valence-electron chi connectivity index (χ1n) is 4.55. The first kappa shape index (κ1) is 9.52. The van der Waals surface area contributed by atoms with Crippen LogP contribution in [0.3, 0.4) is 0 Å². The van der Waals surface area contributed by atoms with Gasteiger partial charge in [0.25, 0.3) is 0 Å². The van der Waals surface area contributed by atoms with Gasteiger partial charge < -0.3 is 10.4 Å². The van der Waals surface area contributed by atoms with E-state index in [4.69, 9.17) is 5.11 Å². The zero-order valence-electron chi connectivity index (χ0n) is 7.76. The number of hydrogen-bond acceptors (Lipinski definition) is 2. The number of carbonyl (C=O) groups is 1. The molecule has 1 aliphatic rings. The van der Waals surface area contributed by atoms with E-state index in [0.717, 1.165) is 6.42 Å². The van der Waals surface area contributed by atoms with E-state index in [9.17, 15) is 4.79 Å². The fourth-order valence-corrected chi connectivity index (χ4v) is 1.33. The van der Waals surface area contributed by atoms with E-state index < -0.39 is 5.97 Å². The molecule has 3 heteroatoms. The maximum absolute atomic E-state index is 10.5. The number of carboxylic acid groups (broad SMARTS) is 1. The first-order valence-corrected chi connectivity index (χ1v) is 4.55. The molecular formula is C9H17NO2. The van der Waals surface area contributed by atoms with Gasteiger partial charge in [-0.3, -0.25) is 4.79 Å². The molecule has 0 aromatic heterocycles. The Bertz CT molecular complexity index is 177. The maximum atomic E-state index is 10.5. The quantitative estimate of drug-likeness (QED) is 0.657. The summed E-state index contributed by atoms with van der Waals surface area (Å²) in [4.78, 5) is 10.5. The predicted molar refractivity (Wildman–Crippen MR) is 47.1 cm³/mol. The molecule has 1 saturated carbocycles. The second-order valence-electron chi connectivity index (χ2n) is 3.90. The summed E-state index contributed by atoms with van der Waals surface area (Å²) in [6, 6.07) is 0.578. The Labute approximate surface area is 73.2 Å². The highest BCUT2D eigenvalue weighted by atomic mass is 16.4. The highest BCUT2D eigenvalue weighted by molar-refractivity contribution is 5.68. The molecule has 1 unspecified atom stereocenters. The molecular weight excluding hydrogens is 154 g/mol. The molecule has 0 heterocycles. The van der Waals surface area contributed by atoms with Crippen LogP contribution in [0.1, 0.15) is 39.5 Å². The van der Waals surface area contributed by atoms with E-state index in [2.05, 4.69) is 5.32 Å². The summed E-state index contributed by atoms with van der Waals surface area (Å²) in [5, 5.41) is 12.0. The SMILES string of the molecule is CCC(C)(CC(=O)O)NC1CC1.